The van der Waals surface area contributed by atoms with Gasteiger partial charge in [-0.1, -0.05) is 13.3 Å². The predicted molar refractivity (Wildman–Crippen MR) is 46.6 cm³/mol. The van der Waals surface area contributed by atoms with Crippen LogP contribution in [0.2, 0.25) is 0 Å². The Balaban J connectivity index is 2.44. The van der Waals surface area contributed by atoms with Gasteiger partial charge in [0.15, 0.2) is 0 Å². The van der Waals surface area contributed by atoms with E-state index in [1.165, 1.54) is 6.07 Å². The molecular weight excluding hydrogens is 172 g/mol. The van der Waals surface area contributed by atoms with Crippen molar-refractivity contribution in [2.24, 2.45) is 0 Å². The Morgan fingerprint density at radius 1 is 1.54 bits per heavy atom. The molecule has 0 amide bonds. The number of aromatic nitrogens is 2. The molecule has 0 bridgehead atoms. The van der Waals surface area contributed by atoms with Crippen molar-refractivity contribution in [2.45, 2.75) is 19.8 Å². The highest BCUT2D eigenvalue weighted by atomic mass is 16.5. The molecule has 0 aliphatic carbocycles. The van der Waals surface area contributed by atoms with E-state index in [0.717, 1.165) is 12.8 Å². The molecule has 5 nitrogen and oxygen atoms in total. The summed E-state index contributed by atoms with van der Waals surface area (Å²) in [5.41, 5.74) is -0.163. The first kappa shape index (κ1) is 9.57. The van der Waals surface area contributed by atoms with Gasteiger partial charge in [-0.25, -0.2) is 4.79 Å². The van der Waals surface area contributed by atoms with E-state index in [9.17, 15) is 9.59 Å². The molecule has 0 unspecified atom stereocenters. The van der Waals surface area contributed by atoms with E-state index in [1.807, 2.05) is 6.92 Å². The van der Waals surface area contributed by atoms with E-state index in [4.69, 9.17) is 4.74 Å². The number of carbonyl (C=O) groups is 1. The zero-order chi connectivity index (χ0) is 9.68. The van der Waals surface area contributed by atoms with Crippen molar-refractivity contribution in [1.82, 2.24) is 10.2 Å². The van der Waals surface area contributed by atoms with E-state index >= 15 is 0 Å². The van der Waals surface area contributed by atoms with Crippen molar-refractivity contribution < 1.29 is 9.53 Å². The summed E-state index contributed by atoms with van der Waals surface area (Å²) in [6.07, 6.45) is 1.80. The number of H-pyrrole nitrogens is 2. The second-order valence-corrected chi connectivity index (χ2v) is 2.66. The molecule has 0 aliphatic heterocycles. The molecule has 0 saturated carbocycles. The normalized spacial score (nSPS) is 9.92. The Kier molecular flexibility index (Phi) is 3.31. The van der Waals surface area contributed by atoms with Crippen LogP contribution in [0.1, 0.15) is 30.3 Å². The number of hydrogen-bond donors (Lipinski definition) is 2. The monoisotopic (exact) mass is 184 g/mol. The molecule has 0 aliphatic rings. The summed E-state index contributed by atoms with van der Waals surface area (Å²) < 4.78 is 4.85. The van der Waals surface area contributed by atoms with Gasteiger partial charge in [0.05, 0.1) is 6.61 Å². The summed E-state index contributed by atoms with van der Waals surface area (Å²) in [6.45, 7) is 2.40. The topological polar surface area (TPSA) is 75.0 Å². The van der Waals surface area contributed by atoms with E-state index in [-0.39, 0.29) is 11.3 Å². The number of hydrogen-bond acceptors (Lipinski definition) is 3. The molecule has 1 heterocycles. The maximum atomic E-state index is 11.1. The van der Waals surface area contributed by atoms with Crippen LogP contribution in [-0.4, -0.2) is 22.8 Å². The van der Waals surface area contributed by atoms with Gasteiger partial charge >= 0.3 is 5.97 Å². The van der Waals surface area contributed by atoms with Gasteiger partial charge in [-0.3, -0.25) is 15.0 Å². The Labute approximate surface area is 75.1 Å². The number of ether oxygens (including phenoxy) is 1. The molecule has 2 N–H and O–H groups in total. The van der Waals surface area contributed by atoms with E-state index in [0.29, 0.717) is 6.61 Å². The molecule has 1 aromatic rings. The summed E-state index contributed by atoms with van der Waals surface area (Å²) >= 11 is 0. The number of aromatic amines is 2. The Hall–Kier alpha value is -1.52. The SMILES string of the molecule is CCCCOC(=O)c1cc(=O)[nH][nH]1. The third-order valence-corrected chi connectivity index (χ3v) is 1.55. The summed E-state index contributed by atoms with van der Waals surface area (Å²) in [5.74, 6) is -0.494. The summed E-state index contributed by atoms with van der Waals surface area (Å²) in [5, 5.41) is 4.68. The number of unbranched alkanes of at least 4 members (excludes halogenated alkanes) is 1. The van der Waals surface area contributed by atoms with Gasteiger partial charge in [0, 0.05) is 6.07 Å². The minimum atomic E-state index is -0.494. The number of carbonyl (C=O) groups excluding carboxylic acids is 1. The molecular formula is C8H12N2O3. The minimum absolute atomic E-state index is 0.168. The fraction of sp³-hybridized carbons (Fsp3) is 0.500. The number of esters is 1. The van der Waals surface area contributed by atoms with Gasteiger partial charge in [0.25, 0.3) is 5.56 Å². The van der Waals surface area contributed by atoms with Crippen LogP contribution in [0.3, 0.4) is 0 Å². The lowest BCUT2D eigenvalue weighted by Crippen LogP contribution is -2.06. The third kappa shape index (κ3) is 2.77. The van der Waals surface area contributed by atoms with Gasteiger partial charge in [0.2, 0.25) is 0 Å². The predicted octanol–water partition coefficient (Wildman–Crippen LogP) is 0.660. The largest absolute Gasteiger partial charge is 0.461 e. The van der Waals surface area contributed by atoms with Crippen LogP contribution in [0.5, 0.6) is 0 Å². The molecule has 13 heavy (non-hydrogen) atoms. The number of rotatable bonds is 4. The maximum Gasteiger partial charge on any atom is 0.356 e. The van der Waals surface area contributed by atoms with E-state index in [1.54, 1.807) is 0 Å². The van der Waals surface area contributed by atoms with Crippen molar-refractivity contribution in [3.8, 4) is 0 Å². The van der Waals surface area contributed by atoms with Crippen LogP contribution in [0.25, 0.3) is 0 Å². The van der Waals surface area contributed by atoms with Crippen LogP contribution in [0.4, 0.5) is 0 Å². The van der Waals surface area contributed by atoms with Crippen molar-refractivity contribution in [3.63, 3.8) is 0 Å². The summed E-state index contributed by atoms with van der Waals surface area (Å²) in [6, 6.07) is 1.17. The van der Waals surface area contributed by atoms with Gasteiger partial charge in [-0.05, 0) is 6.42 Å². The molecule has 0 fully saturated rings. The second-order valence-electron chi connectivity index (χ2n) is 2.66. The summed E-state index contributed by atoms with van der Waals surface area (Å²) in [4.78, 5) is 21.8. The van der Waals surface area contributed by atoms with Gasteiger partial charge in [-0.2, -0.15) is 0 Å². The van der Waals surface area contributed by atoms with Gasteiger partial charge in [-0.15, -0.1) is 0 Å². The molecule has 0 atom stereocenters. The molecule has 0 spiro atoms. The quantitative estimate of drug-likeness (QED) is 0.533. The van der Waals surface area contributed by atoms with Gasteiger partial charge < -0.3 is 4.74 Å². The first-order valence-corrected chi connectivity index (χ1v) is 4.19. The lowest BCUT2D eigenvalue weighted by atomic mass is 10.3. The van der Waals surface area contributed by atoms with Crippen LogP contribution >= 0.6 is 0 Å². The minimum Gasteiger partial charge on any atom is -0.461 e. The Morgan fingerprint density at radius 2 is 2.31 bits per heavy atom. The first-order chi connectivity index (χ1) is 6.24. The molecule has 0 saturated heterocycles. The van der Waals surface area contributed by atoms with Crippen LogP contribution in [0.15, 0.2) is 10.9 Å². The molecule has 1 aromatic heterocycles. The average molecular weight is 184 g/mol. The standard InChI is InChI=1S/C8H12N2O3/c1-2-3-4-13-8(12)6-5-7(11)10-9-6/h5H,2-4H2,1H3,(H2,9,10,11). The van der Waals surface area contributed by atoms with Crippen LogP contribution < -0.4 is 5.56 Å². The fourth-order valence-corrected chi connectivity index (χ4v) is 0.829. The molecule has 0 aromatic carbocycles. The fourth-order valence-electron chi connectivity index (χ4n) is 0.829. The molecule has 5 heteroatoms. The van der Waals surface area contributed by atoms with Gasteiger partial charge in [0.1, 0.15) is 5.69 Å². The first-order valence-electron chi connectivity index (χ1n) is 4.19. The smallest absolute Gasteiger partial charge is 0.356 e. The average Bonchev–Trinajstić information content (AvgIpc) is 2.52. The Morgan fingerprint density at radius 3 is 2.85 bits per heavy atom. The van der Waals surface area contributed by atoms with Crippen molar-refractivity contribution in [1.29, 1.82) is 0 Å². The second kappa shape index (κ2) is 4.49. The highest BCUT2D eigenvalue weighted by Crippen LogP contribution is 1.95. The van der Waals surface area contributed by atoms with Crippen LogP contribution in [-0.2, 0) is 4.74 Å². The highest BCUT2D eigenvalue weighted by molar-refractivity contribution is 5.86. The van der Waals surface area contributed by atoms with Crippen LogP contribution in [0, 0.1) is 0 Å². The lowest BCUT2D eigenvalue weighted by Gasteiger charge is -2.00. The Bertz CT molecular complexity index is 326. The molecule has 1 rings (SSSR count). The highest BCUT2D eigenvalue weighted by Gasteiger charge is 2.08. The summed E-state index contributed by atoms with van der Waals surface area (Å²) in [7, 11) is 0. The lowest BCUT2D eigenvalue weighted by molar-refractivity contribution is 0.0493. The maximum absolute atomic E-state index is 11.1. The molecule has 0 radical (unpaired) electrons. The number of nitrogens with one attached hydrogen (secondary N) is 2. The van der Waals surface area contributed by atoms with E-state index < -0.39 is 5.97 Å². The molecule has 72 valence electrons. The van der Waals surface area contributed by atoms with Crippen molar-refractivity contribution in [3.05, 3.63) is 22.1 Å². The van der Waals surface area contributed by atoms with Crippen molar-refractivity contribution >= 4 is 5.97 Å². The zero-order valence-corrected chi connectivity index (χ0v) is 7.42. The van der Waals surface area contributed by atoms with Crippen molar-refractivity contribution in [2.75, 3.05) is 6.61 Å². The third-order valence-electron chi connectivity index (χ3n) is 1.55. The zero-order valence-electron chi connectivity index (χ0n) is 7.42. The van der Waals surface area contributed by atoms with E-state index in [2.05, 4.69) is 10.2 Å².